The number of hydrogen-bond donors (Lipinski definition) is 1. The zero-order chi connectivity index (χ0) is 19.5. The highest BCUT2D eigenvalue weighted by atomic mass is 35.5. The summed E-state index contributed by atoms with van der Waals surface area (Å²) in [6.07, 6.45) is 3.91. The van der Waals surface area contributed by atoms with Crippen LogP contribution in [0.1, 0.15) is 5.56 Å². The molecule has 5 nitrogen and oxygen atoms in total. The van der Waals surface area contributed by atoms with Crippen molar-refractivity contribution in [2.75, 3.05) is 11.9 Å². The summed E-state index contributed by atoms with van der Waals surface area (Å²) in [6, 6.07) is 18.5. The first-order valence-electron chi connectivity index (χ1n) is 8.82. The average molecular weight is 392 g/mol. The summed E-state index contributed by atoms with van der Waals surface area (Å²) in [4.78, 5) is 17.1. The van der Waals surface area contributed by atoms with Gasteiger partial charge in [0.2, 0.25) is 0 Å². The molecule has 0 aliphatic carbocycles. The van der Waals surface area contributed by atoms with Gasteiger partial charge in [-0.05, 0) is 42.8 Å². The zero-order valence-electron chi connectivity index (χ0n) is 15.2. The maximum atomic E-state index is 12.4. The molecule has 2 heterocycles. The summed E-state index contributed by atoms with van der Waals surface area (Å²) in [6.45, 7) is 1.91. The number of fused-ring (bicyclic) bond motifs is 1. The third-order valence-electron chi connectivity index (χ3n) is 4.32. The van der Waals surface area contributed by atoms with Gasteiger partial charge >= 0.3 is 0 Å². The number of anilines is 1. The molecular weight excluding hydrogens is 374 g/mol. The van der Waals surface area contributed by atoms with E-state index in [9.17, 15) is 4.79 Å². The molecule has 0 unspecified atom stereocenters. The fourth-order valence-corrected chi connectivity index (χ4v) is 3.17. The number of imidazole rings is 1. The van der Waals surface area contributed by atoms with Crippen LogP contribution in [0.2, 0.25) is 5.02 Å². The standard InChI is InChI=1S/C22H18ClN3O2/c1-15-6-5-11-26-13-20(25-22(15)26)18-9-2-3-10-19(18)24-21(27)14-28-17-8-4-7-16(23)12-17/h2-13H,14H2,1H3,(H,24,27). The molecule has 1 N–H and O–H groups in total. The van der Waals surface area contributed by atoms with Gasteiger partial charge in [-0.1, -0.05) is 41.9 Å². The van der Waals surface area contributed by atoms with Crippen molar-refractivity contribution in [3.8, 4) is 17.0 Å². The molecule has 0 aliphatic heterocycles. The smallest absolute Gasteiger partial charge is 0.262 e. The van der Waals surface area contributed by atoms with E-state index >= 15 is 0 Å². The molecule has 0 aliphatic rings. The fraction of sp³-hybridized carbons (Fsp3) is 0.0909. The summed E-state index contributed by atoms with van der Waals surface area (Å²) < 4.78 is 7.49. The number of halogens is 1. The zero-order valence-corrected chi connectivity index (χ0v) is 16.0. The molecule has 0 spiro atoms. The summed E-state index contributed by atoms with van der Waals surface area (Å²) >= 11 is 5.93. The van der Waals surface area contributed by atoms with Crippen molar-refractivity contribution in [3.05, 3.63) is 83.6 Å². The minimum atomic E-state index is -0.257. The normalized spacial score (nSPS) is 10.8. The number of ether oxygens (including phenoxy) is 1. The van der Waals surface area contributed by atoms with E-state index in [0.29, 0.717) is 16.5 Å². The molecule has 6 heteroatoms. The first-order chi connectivity index (χ1) is 13.6. The number of benzene rings is 2. The molecule has 0 fully saturated rings. The van der Waals surface area contributed by atoms with Gasteiger partial charge in [-0.2, -0.15) is 0 Å². The van der Waals surface area contributed by atoms with Gasteiger partial charge < -0.3 is 14.5 Å². The topological polar surface area (TPSA) is 55.6 Å². The van der Waals surface area contributed by atoms with Gasteiger partial charge in [0.05, 0.1) is 11.4 Å². The van der Waals surface area contributed by atoms with Crippen LogP contribution in [-0.2, 0) is 4.79 Å². The van der Waals surface area contributed by atoms with E-state index in [0.717, 1.165) is 22.5 Å². The Kier molecular flexibility index (Phi) is 5.00. The predicted molar refractivity (Wildman–Crippen MR) is 111 cm³/mol. The summed E-state index contributed by atoms with van der Waals surface area (Å²) in [7, 11) is 0. The number of nitrogens with one attached hydrogen (secondary N) is 1. The number of para-hydroxylation sites is 1. The summed E-state index contributed by atoms with van der Waals surface area (Å²) in [5.41, 5.74) is 4.30. The van der Waals surface area contributed by atoms with Crippen LogP contribution in [0.5, 0.6) is 5.75 Å². The Hall–Kier alpha value is -3.31. The number of pyridine rings is 1. The molecule has 140 valence electrons. The van der Waals surface area contributed by atoms with Crippen molar-refractivity contribution < 1.29 is 9.53 Å². The molecule has 0 radical (unpaired) electrons. The average Bonchev–Trinajstić information content (AvgIpc) is 3.12. The number of aryl methyl sites for hydroxylation is 1. The molecule has 2 aromatic heterocycles. The highest BCUT2D eigenvalue weighted by Crippen LogP contribution is 2.28. The largest absolute Gasteiger partial charge is 0.484 e. The van der Waals surface area contributed by atoms with E-state index in [4.69, 9.17) is 21.3 Å². The van der Waals surface area contributed by atoms with Crippen LogP contribution in [0.4, 0.5) is 5.69 Å². The number of hydrogen-bond acceptors (Lipinski definition) is 3. The third-order valence-corrected chi connectivity index (χ3v) is 4.56. The van der Waals surface area contributed by atoms with Crippen LogP contribution in [0, 0.1) is 6.92 Å². The Morgan fingerprint density at radius 2 is 2.00 bits per heavy atom. The second kappa shape index (κ2) is 7.74. The molecule has 28 heavy (non-hydrogen) atoms. The Morgan fingerprint density at radius 3 is 2.82 bits per heavy atom. The summed E-state index contributed by atoms with van der Waals surface area (Å²) in [5.74, 6) is 0.291. The van der Waals surface area contributed by atoms with Crippen molar-refractivity contribution in [1.29, 1.82) is 0 Å². The highest BCUT2D eigenvalue weighted by molar-refractivity contribution is 6.30. The Bertz CT molecular complexity index is 1150. The van der Waals surface area contributed by atoms with Gasteiger partial charge in [-0.3, -0.25) is 4.79 Å². The minimum absolute atomic E-state index is 0.112. The second-order valence-electron chi connectivity index (χ2n) is 6.39. The van der Waals surface area contributed by atoms with Crippen molar-refractivity contribution in [2.24, 2.45) is 0 Å². The minimum Gasteiger partial charge on any atom is -0.484 e. The number of amides is 1. The van der Waals surface area contributed by atoms with Gasteiger partial charge in [0, 0.05) is 23.0 Å². The molecule has 2 aromatic carbocycles. The lowest BCUT2D eigenvalue weighted by Crippen LogP contribution is -2.20. The molecule has 4 rings (SSSR count). The number of aromatic nitrogens is 2. The number of carbonyl (C=O) groups is 1. The van der Waals surface area contributed by atoms with E-state index < -0.39 is 0 Å². The molecule has 1 amide bonds. The van der Waals surface area contributed by atoms with E-state index in [1.165, 1.54) is 0 Å². The maximum Gasteiger partial charge on any atom is 0.262 e. The fourth-order valence-electron chi connectivity index (χ4n) is 2.99. The van der Waals surface area contributed by atoms with Crippen LogP contribution in [0.15, 0.2) is 73.1 Å². The molecule has 0 saturated heterocycles. The monoisotopic (exact) mass is 391 g/mol. The van der Waals surface area contributed by atoms with Gasteiger partial charge in [0.1, 0.15) is 11.4 Å². The Labute approximate surface area is 167 Å². The summed E-state index contributed by atoms with van der Waals surface area (Å²) in [5, 5.41) is 3.47. The number of rotatable bonds is 5. The maximum absolute atomic E-state index is 12.4. The quantitative estimate of drug-likeness (QED) is 0.522. The van der Waals surface area contributed by atoms with Gasteiger partial charge in [0.15, 0.2) is 6.61 Å². The van der Waals surface area contributed by atoms with E-state index in [1.54, 1.807) is 24.3 Å². The van der Waals surface area contributed by atoms with Crippen LogP contribution in [-0.4, -0.2) is 21.9 Å². The number of carbonyl (C=O) groups excluding carboxylic acids is 1. The third kappa shape index (κ3) is 3.85. The Balaban J connectivity index is 1.54. The molecule has 0 bridgehead atoms. The highest BCUT2D eigenvalue weighted by Gasteiger charge is 2.12. The van der Waals surface area contributed by atoms with Gasteiger partial charge in [0.25, 0.3) is 5.91 Å². The first kappa shape index (κ1) is 18.1. The van der Waals surface area contributed by atoms with Crippen LogP contribution in [0.3, 0.4) is 0 Å². The Morgan fingerprint density at radius 1 is 1.14 bits per heavy atom. The van der Waals surface area contributed by atoms with Gasteiger partial charge in [-0.15, -0.1) is 0 Å². The molecule has 4 aromatic rings. The van der Waals surface area contributed by atoms with E-state index in [-0.39, 0.29) is 12.5 Å². The molecule has 0 atom stereocenters. The first-order valence-corrected chi connectivity index (χ1v) is 9.20. The lowest BCUT2D eigenvalue weighted by Gasteiger charge is -2.10. The molecule has 0 saturated carbocycles. The van der Waals surface area contributed by atoms with Crippen molar-refractivity contribution in [3.63, 3.8) is 0 Å². The lowest BCUT2D eigenvalue weighted by molar-refractivity contribution is -0.118. The predicted octanol–water partition coefficient (Wildman–Crippen LogP) is 4.98. The second-order valence-corrected chi connectivity index (χ2v) is 6.82. The van der Waals surface area contributed by atoms with Crippen LogP contribution in [0.25, 0.3) is 16.9 Å². The van der Waals surface area contributed by atoms with Crippen molar-refractivity contribution in [2.45, 2.75) is 6.92 Å². The number of nitrogens with zero attached hydrogens (tertiary/aromatic N) is 2. The van der Waals surface area contributed by atoms with Crippen LogP contribution >= 0.6 is 11.6 Å². The van der Waals surface area contributed by atoms with E-state index in [2.05, 4.69) is 5.32 Å². The SMILES string of the molecule is Cc1cccn2cc(-c3ccccc3NC(=O)COc3cccc(Cl)c3)nc12. The lowest BCUT2D eigenvalue weighted by atomic mass is 10.1. The molecular formula is C22H18ClN3O2. The van der Waals surface area contributed by atoms with E-state index in [1.807, 2.05) is 60.1 Å². The van der Waals surface area contributed by atoms with Crippen molar-refractivity contribution >= 4 is 28.8 Å². The van der Waals surface area contributed by atoms with Gasteiger partial charge in [-0.25, -0.2) is 4.98 Å². The van der Waals surface area contributed by atoms with Crippen molar-refractivity contribution in [1.82, 2.24) is 9.38 Å². The van der Waals surface area contributed by atoms with Crippen LogP contribution < -0.4 is 10.1 Å².